The zero-order valence-corrected chi connectivity index (χ0v) is 12.8. The first-order chi connectivity index (χ1) is 9.97. The zero-order chi connectivity index (χ0) is 15.1. The van der Waals surface area contributed by atoms with E-state index in [0.717, 1.165) is 27.9 Å². The van der Waals surface area contributed by atoms with Crippen molar-refractivity contribution < 1.29 is 4.42 Å². The molecule has 4 heteroatoms. The molecule has 0 spiro atoms. The lowest BCUT2D eigenvalue weighted by atomic mass is 9.99. The molecule has 1 aromatic carbocycles. The van der Waals surface area contributed by atoms with Gasteiger partial charge in [-0.3, -0.25) is 4.98 Å². The van der Waals surface area contributed by atoms with Gasteiger partial charge in [0.1, 0.15) is 5.58 Å². The number of hydrogen-bond acceptors (Lipinski definition) is 3. The van der Waals surface area contributed by atoms with Crippen LogP contribution in [0.3, 0.4) is 0 Å². The Morgan fingerprint density at radius 3 is 2.43 bits per heavy atom. The zero-order valence-electron chi connectivity index (χ0n) is 12.0. The first-order valence-electron chi connectivity index (χ1n) is 6.65. The monoisotopic (exact) mass is 299 g/mol. The Labute approximate surface area is 127 Å². The van der Waals surface area contributed by atoms with Gasteiger partial charge in [0.2, 0.25) is 0 Å². The second-order valence-electron chi connectivity index (χ2n) is 5.12. The van der Waals surface area contributed by atoms with Crippen LogP contribution in [0.1, 0.15) is 17.0 Å². The Bertz CT molecular complexity index is 895. The molecule has 0 unspecified atom stereocenters. The Balaban J connectivity index is 2.39. The number of fused-ring (bicyclic) bond motifs is 1. The summed E-state index contributed by atoms with van der Waals surface area (Å²) < 4.78 is 5.49. The number of halogens is 1. The highest BCUT2D eigenvalue weighted by Crippen LogP contribution is 2.29. The standard InChI is InChI=1S/C17H14ClNO2/c1-9-8-14-15(11(3)19-9)10(2)16(17(20)21-14)12-4-6-13(18)7-5-12/h4-8H,1-3H3. The molecule has 0 bridgehead atoms. The van der Waals surface area contributed by atoms with Crippen molar-refractivity contribution in [2.75, 3.05) is 0 Å². The van der Waals surface area contributed by atoms with Crippen LogP contribution in [0.2, 0.25) is 5.02 Å². The predicted octanol–water partition coefficient (Wildman–Crippen LogP) is 4.43. The molecule has 106 valence electrons. The van der Waals surface area contributed by atoms with E-state index >= 15 is 0 Å². The molecular weight excluding hydrogens is 286 g/mol. The Morgan fingerprint density at radius 1 is 1.10 bits per heavy atom. The molecule has 0 saturated carbocycles. The summed E-state index contributed by atoms with van der Waals surface area (Å²) in [4.78, 5) is 16.8. The van der Waals surface area contributed by atoms with E-state index < -0.39 is 0 Å². The van der Waals surface area contributed by atoms with E-state index in [0.29, 0.717) is 16.2 Å². The summed E-state index contributed by atoms with van der Waals surface area (Å²) >= 11 is 5.90. The molecule has 0 aliphatic rings. The first kappa shape index (κ1) is 13.8. The van der Waals surface area contributed by atoms with Crippen molar-refractivity contribution >= 4 is 22.6 Å². The van der Waals surface area contributed by atoms with E-state index in [1.807, 2.05) is 32.9 Å². The highest BCUT2D eigenvalue weighted by molar-refractivity contribution is 6.30. The van der Waals surface area contributed by atoms with E-state index in [1.165, 1.54) is 0 Å². The third kappa shape index (κ3) is 2.34. The Hall–Kier alpha value is -2.13. The van der Waals surface area contributed by atoms with E-state index in [1.54, 1.807) is 18.2 Å². The highest BCUT2D eigenvalue weighted by Gasteiger charge is 2.15. The number of rotatable bonds is 1. The van der Waals surface area contributed by atoms with Gasteiger partial charge in [-0.1, -0.05) is 23.7 Å². The summed E-state index contributed by atoms with van der Waals surface area (Å²) in [6, 6.07) is 8.97. The number of hydrogen-bond donors (Lipinski definition) is 0. The molecule has 0 atom stereocenters. The average molecular weight is 300 g/mol. The maximum Gasteiger partial charge on any atom is 0.344 e. The van der Waals surface area contributed by atoms with Crippen LogP contribution in [0.15, 0.2) is 39.5 Å². The highest BCUT2D eigenvalue weighted by atomic mass is 35.5. The van der Waals surface area contributed by atoms with Crippen molar-refractivity contribution in [2.24, 2.45) is 0 Å². The van der Waals surface area contributed by atoms with Crippen molar-refractivity contribution in [3.8, 4) is 11.1 Å². The summed E-state index contributed by atoms with van der Waals surface area (Å²) in [6.45, 7) is 5.73. The lowest BCUT2D eigenvalue weighted by Gasteiger charge is -2.10. The summed E-state index contributed by atoms with van der Waals surface area (Å²) in [5.41, 5.74) is 4.19. The first-order valence-corrected chi connectivity index (χ1v) is 7.03. The van der Waals surface area contributed by atoms with Crippen molar-refractivity contribution in [3.63, 3.8) is 0 Å². The predicted molar refractivity (Wildman–Crippen MR) is 84.9 cm³/mol. The van der Waals surface area contributed by atoms with Crippen LogP contribution >= 0.6 is 11.6 Å². The summed E-state index contributed by atoms with van der Waals surface area (Å²) in [5.74, 6) is 0. The molecule has 3 rings (SSSR count). The van der Waals surface area contributed by atoms with E-state index in [4.69, 9.17) is 16.0 Å². The lowest BCUT2D eigenvalue weighted by molar-refractivity contribution is 0.561. The van der Waals surface area contributed by atoms with Crippen LogP contribution in [0, 0.1) is 20.8 Å². The number of aromatic nitrogens is 1. The molecule has 2 heterocycles. The lowest BCUT2D eigenvalue weighted by Crippen LogP contribution is -2.07. The van der Waals surface area contributed by atoms with Crippen molar-refractivity contribution in [2.45, 2.75) is 20.8 Å². The summed E-state index contributed by atoms with van der Waals surface area (Å²) in [5, 5.41) is 1.53. The number of benzene rings is 1. The molecule has 2 aromatic heterocycles. The topological polar surface area (TPSA) is 43.1 Å². The van der Waals surface area contributed by atoms with Crippen LogP contribution in [-0.4, -0.2) is 4.98 Å². The molecule has 0 amide bonds. The van der Waals surface area contributed by atoms with E-state index in [-0.39, 0.29) is 5.63 Å². The minimum absolute atomic E-state index is 0.340. The largest absolute Gasteiger partial charge is 0.422 e. The van der Waals surface area contributed by atoms with Gasteiger partial charge in [0.25, 0.3) is 0 Å². The molecule has 21 heavy (non-hydrogen) atoms. The van der Waals surface area contributed by atoms with Crippen LogP contribution < -0.4 is 5.63 Å². The maximum atomic E-state index is 12.3. The van der Waals surface area contributed by atoms with Gasteiger partial charge in [-0.15, -0.1) is 0 Å². The van der Waals surface area contributed by atoms with Gasteiger partial charge >= 0.3 is 5.63 Å². The van der Waals surface area contributed by atoms with E-state index in [2.05, 4.69) is 4.98 Å². The molecule has 0 aliphatic heterocycles. The van der Waals surface area contributed by atoms with Gasteiger partial charge in [-0.05, 0) is 44.0 Å². The van der Waals surface area contributed by atoms with Gasteiger partial charge in [-0.2, -0.15) is 0 Å². The van der Waals surface area contributed by atoms with Crippen molar-refractivity contribution in [1.82, 2.24) is 4.98 Å². The quantitative estimate of drug-likeness (QED) is 0.667. The molecule has 0 radical (unpaired) electrons. The molecule has 0 saturated heterocycles. The van der Waals surface area contributed by atoms with Gasteiger partial charge in [0.15, 0.2) is 0 Å². The van der Waals surface area contributed by atoms with E-state index in [9.17, 15) is 4.79 Å². The van der Waals surface area contributed by atoms with Crippen LogP contribution in [0.5, 0.6) is 0 Å². The Kier molecular flexibility index (Phi) is 3.30. The number of nitrogens with zero attached hydrogens (tertiary/aromatic N) is 1. The molecule has 0 aliphatic carbocycles. The molecule has 3 nitrogen and oxygen atoms in total. The summed E-state index contributed by atoms with van der Waals surface area (Å²) in [7, 11) is 0. The third-order valence-corrected chi connectivity index (χ3v) is 3.83. The average Bonchev–Trinajstić information content (AvgIpc) is 2.39. The Morgan fingerprint density at radius 2 is 1.76 bits per heavy atom. The summed E-state index contributed by atoms with van der Waals surface area (Å²) in [6.07, 6.45) is 0. The SMILES string of the molecule is Cc1cc2oc(=O)c(-c3ccc(Cl)cc3)c(C)c2c(C)n1. The third-order valence-electron chi connectivity index (χ3n) is 3.58. The fourth-order valence-corrected chi connectivity index (χ4v) is 2.84. The van der Waals surface area contributed by atoms with Gasteiger partial charge in [-0.25, -0.2) is 4.79 Å². The van der Waals surface area contributed by atoms with Crippen LogP contribution in [0.4, 0.5) is 0 Å². The second-order valence-corrected chi connectivity index (χ2v) is 5.56. The molecular formula is C17H14ClNO2. The molecule has 0 fully saturated rings. The second kappa shape index (κ2) is 5.01. The van der Waals surface area contributed by atoms with Crippen molar-refractivity contribution in [1.29, 1.82) is 0 Å². The minimum Gasteiger partial charge on any atom is -0.422 e. The van der Waals surface area contributed by atoms with Crippen LogP contribution in [-0.2, 0) is 0 Å². The smallest absolute Gasteiger partial charge is 0.344 e. The van der Waals surface area contributed by atoms with Gasteiger partial charge < -0.3 is 4.42 Å². The normalized spacial score (nSPS) is 11.0. The molecule has 0 N–H and O–H groups in total. The number of aryl methyl sites for hydroxylation is 3. The fraction of sp³-hybridized carbons (Fsp3) is 0.176. The molecule has 3 aromatic rings. The fourth-order valence-electron chi connectivity index (χ4n) is 2.71. The van der Waals surface area contributed by atoms with Crippen molar-refractivity contribution in [3.05, 3.63) is 62.7 Å². The number of pyridine rings is 1. The maximum absolute atomic E-state index is 12.3. The van der Waals surface area contributed by atoms with Crippen LogP contribution in [0.25, 0.3) is 22.1 Å². The minimum atomic E-state index is -0.340. The van der Waals surface area contributed by atoms with Gasteiger partial charge in [0, 0.05) is 27.9 Å². The van der Waals surface area contributed by atoms with Gasteiger partial charge in [0.05, 0.1) is 5.56 Å².